The van der Waals surface area contributed by atoms with Crippen LogP contribution in [-0.4, -0.2) is 33.1 Å². The molecule has 2 aromatic heterocycles. The number of amides is 1. The van der Waals surface area contributed by atoms with Gasteiger partial charge in [0.2, 0.25) is 0 Å². The molecule has 0 bridgehead atoms. The number of hydrogen-bond acceptors (Lipinski definition) is 5. The fourth-order valence-electron chi connectivity index (χ4n) is 2.61. The second-order valence-electron chi connectivity index (χ2n) is 6.25. The minimum absolute atomic E-state index is 0.264. The number of carbonyl (C=O) groups excluding carboxylic acids is 2. The maximum absolute atomic E-state index is 12.3. The Morgan fingerprint density at radius 3 is 2.85 bits per heavy atom. The van der Waals surface area contributed by atoms with Crippen molar-refractivity contribution < 1.29 is 14.3 Å². The van der Waals surface area contributed by atoms with Crippen LogP contribution < -0.4 is 5.32 Å². The molecule has 0 aliphatic carbocycles. The smallest absolute Gasteiger partial charge is 0.344 e. The third-order valence-electron chi connectivity index (χ3n) is 3.95. The summed E-state index contributed by atoms with van der Waals surface area (Å²) >= 11 is 0. The van der Waals surface area contributed by atoms with E-state index >= 15 is 0 Å². The summed E-state index contributed by atoms with van der Waals surface area (Å²) in [5.41, 5.74) is 2.96. The lowest BCUT2D eigenvalue weighted by atomic mass is 10.0. The molecule has 0 aliphatic rings. The van der Waals surface area contributed by atoms with Gasteiger partial charge in [-0.3, -0.25) is 4.79 Å². The van der Waals surface area contributed by atoms with Gasteiger partial charge >= 0.3 is 5.97 Å². The van der Waals surface area contributed by atoms with Gasteiger partial charge in [0.25, 0.3) is 5.91 Å². The Bertz CT molecular complexity index is 962. The van der Waals surface area contributed by atoms with E-state index in [0.29, 0.717) is 22.9 Å². The predicted molar refractivity (Wildman–Crippen MR) is 97.2 cm³/mol. The van der Waals surface area contributed by atoms with Gasteiger partial charge in [-0.25, -0.2) is 14.3 Å². The number of rotatable bonds is 5. The molecule has 0 saturated heterocycles. The third-order valence-corrected chi connectivity index (χ3v) is 3.95. The Kier molecular flexibility index (Phi) is 4.97. The van der Waals surface area contributed by atoms with Gasteiger partial charge in [-0.1, -0.05) is 26.0 Å². The molecule has 0 aliphatic heterocycles. The molecular weight excluding hydrogens is 332 g/mol. The molecule has 26 heavy (non-hydrogen) atoms. The molecule has 3 aromatic rings. The minimum atomic E-state index is -0.623. The van der Waals surface area contributed by atoms with Crippen molar-refractivity contribution in [1.82, 2.24) is 14.6 Å². The number of benzene rings is 1. The number of hydrogen-bond donors (Lipinski definition) is 1. The van der Waals surface area contributed by atoms with Gasteiger partial charge in [-0.15, -0.1) is 0 Å². The van der Waals surface area contributed by atoms with Crippen LogP contribution in [-0.2, 0) is 9.53 Å². The third kappa shape index (κ3) is 3.72. The molecule has 1 N–H and O–H groups in total. The second-order valence-corrected chi connectivity index (χ2v) is 6.25. The number of esters is 1. The molecule has 0 radical (unpaired) electrons. The van der Waals surface area contributed by atoms with E-state index in [9.17, 15) is 9.59 Å². The number of nitrogens with zero attached hydrogens (tertiary/aromatic N) is 3. The van der Waals surface area contributed by atoms with E-state index in [-0.39, 0.29) is 12.2 Å². The van der Waals surface area contributed by atoms with E-state index in [1.54, 1.807) is 31.5 Å². The molecule has 0 saturated carbocycles. The highest BCUT2D eigenvalue weighted by molar-refractivity contribution is 5.99. The van der Waals surface area contributed by atoms with Crippen LogP contribution >= 0.6 is 0 Å². The predicted octanol–water partition coefficient (Wildman–Crippen LogP) is 2.96. The summed E-state index contributed by atoms with van der Waals surface area (Å²) in [6, 6.07) is 9.30. The van der Waals surface area contributed by atoms with Crippen LogP contribution in [0.3, 0.4) is 0 Å². The number of aryl methyl sites for hydroxylation is 1. The fraction of sp³-hybridized carbons (Fsp3) is 0.263. The molecule has 0 spiro atoms. The molecule has 134 valence electrons. The van der Waals surface area contributed by atoms with Crippen LogP contribution in [0.1, 0.15) is 41.4 Å². The van der Waals surface area contributed by atoms with Gasteiger partial charge in [-0.2, -0.15) is 5.10 Å². The average molecular weight is 352 g/mol. The first-order valence-electron chi connectivity index (χ1n) is 8.32. The number of aromatic nitrogens is 3. The second kappa shape index (κ2) is 7.35. The fourth-order valence-corrected chi connectivity index (χ4v) is 2.61. The van der Waals surface area contributed by atoms with Crippen molar-refractivity contribution in [1.29, 1.82) is 0 Å². The molecule has 1 aromatic carbocycles. The summed E-state index contributed by atoms with van der Waals surface area (Å²) in [7, 11) is 0. The monoisotopic (exact) mass is 352 g/mol. The van der Waals surface area contributed by atoms with Gasteiger partial charge in [0.15, 0.2) is 12.3 Å². The van der Waals surface area contributed by atoms with E-state index in [2.05, 4.69) is 29.2 Å². The Labute approximate surface area is 151 Å². The highest BCUT2D eigenvalue weighted by atomic mass is 16.5. The van der Waals surface area contributed by atoms with Crippen LogP contribution in [0.15, 0.2) is 42.7 Å². The zero-order valence-electron chi connectivity index (χ0n) is 14.9. The van der Waals surface area contributed by atoms with E-state index in [1.807, 2.05) is 18.2 Å². The van der Waals surface area contributed by atoms with Gasteiger partial charge in [0, 0.05) is 18.1 Å². The standard InChI is InChI=1S/C19H20N4O3/c1-12(2)14-6-4-7-15(10-14)21-16(24)11-26-19(25)17-13(3)22-23-9-5-8-20-18(17)23/h4-10,12H,11H2,1-3H3,(H,21,24). The lowest BCUT2D eigenvalue weighted by Crippen LogP contribution is -2.21. The summed E-state index contributed by atoms with van der Waals surface area (Å²) < 4.78 is 6.65. The zero-order chi connectivity index (χ0) is 18.7. The average Bonchev–Trinajstić information content (AvgIpc) is 2.95. The first kappa shape index (κ1) is 17.6. The molecule has 7 nitrogen and oxygen atoms in total. The van der Waals surface area contributed by atoms with Crippen LogP contribution in [0.5, 0.6) is 0 Å². The summed E-state index contributed by atoms with van der Waals surface area (Å²) in [5.74, 6) is -0.667. The largest absolute Gasteiger partial charge is 0.452 e. The Hall–Kier alpha value is -3.22. The van der Waals surface area contributed by atoms with Crippen molar-refractivity contribution in [2.45, 2.75) is 26.7 Å². The number of fused-ring (bicyclic) bond motifs is 1. The van der Waals surface area contributed by atoms with Gasteiger partial charge in [-0.05, 0) is 36.6 Å². The van der Waals surface area contributed by atoms with E-state index in [1.165, 1.54) is 4.52 Å². The quantitative estimate of drug-likeness (QED) is 0.714. The summed E-state index contributed by atoms with van der Waals surface area (Å²) in [5, 5.41) is 6.94. The lowest BCUT2D eigenvalue weighted by molar-refractivity contribution is -0.119. The molecule has 1 amide bonds. The van der Waals surface area contributed by atoms with E-state index < -0.39 is 11.9 Å². The van der Waals surface area contributed by atoms with Gasteiger partial charge in [0.1, 0.15) is 5.56 Å². The van der Waals surface area contributed by atoms with Crippen LogP contribution in [0.2, 0.25) is 0 Å². The van der Waals surface area contributed by atoms with Crippen molar-refractivity contribution in [2.24, 2.45) is 0 Å². The molecular formula is C19H20N4O3. The van der Waals surface area contributed by atoms with Crippen molar-refractivity contribution in [3.05, 3.63) is 59.5 Å². The van der Waals surface area contributed by atoms with Crippen LogP contribution in [0.25, 0.3) is 5.65 Å². The summed E-state index contributed by atoms with van der Waals surface area (Å²) in [6.45, 7) is 5.47. The van der Waals surface area contributed by atoms with E-state index in [4.69, 9.17) is 4.74 Å². The van der Waals surface area contributed by atoms with Crippen LogP contribution in [0.4, 0.5) is 5.69 Å². The summed E-state index contributed by atoms with van der Waals surface area (Å²) in [4.78, 5) is 28.6. The molecule has 3 rings (SSSR count). The lowest BCUT2D eigenvalue weighted by Gasteiger charge is -2.10. The maximum Gasteiger partial charge on any atom is 0.344 e. The van der Waals surface area contributed by atoms with Crippen molar-refractivity contribution in [3.8, 4) is 0 Å². The Balaban J connectivity index is 1.65. The normalized spacial score (nSPS) is 10.9. The van der Waals surface area contributed by atoms with Crippen molar-refractivity contribution in [2.75, 3.05) is 11.9 Å². The van der Waals surface area contributed by atoms with Gasteiger partial charge < -0.3 is 10.1 Å². The number of nitrogens with one attached hydrogen (secondary N) is 1. The Morgan fingerprint density at radius 1 is 1.27 bits per heavy atom. The SMILES string of the molecule is Cc1nn2cccnc2c1C(=O)OCC(=O)Nc1cccc(C(C)C)c1. The van der Waals surface area contributed by atoms with E-state index in [0.717, 1.165) is 5.56 Å². The molecule has 0 fully saturated rings. The maximum atomic E-state index is 12.3. The zero-order valence-corrected chi connectivity index (χ0v) is 14.9. The minimum Gasteiger partial charge on any atom is -0.452 e. The molecule has 7 heteroatoms. The summed E-state index contributed by atoms with van der Waals surface area (Å²) in [6.07, 6.45) is 3.27. The molecule has 0 unspecified atom stereocenters. The number of anilines is 1. The van der Waals surface area contributed by atoms with Gasteiger partial charge in [0.05, 0.1) is 5.69 Å². The number of carbonyl (C=O) groups is 2. The first-order valence-corrected chi connectivity index (χ1v) is 8.32. The number of ether oxygens (including phenoxy) is 1. The first-order chi connectivity index (χ1) is 12.5. The Morgan fingerprint density at radius 2 is 2.08 bits per heavy atom. The van der Waals surface area contributed by atoms with Crippen molar-refractivity contribution in [3.63, 3.8) is 0 Å². The van der Waals surface area contributed by atoms with Crippen LogP contribution in [0, 0.1) is 6.92 Å². The highest BCUT2D eigenvalue weighted by Crippen LogP contribution is 2.18. The highest BCUT2D eigenvalue weighted by Gasteiger charge is 2.20. The van der Waals surface area contributed by atoms with Crippen molar-refractivity contribution >= 4 is 23.2 Å². The topological polar surface area (TPSA) is 85.6 Å². The molecule has 0 atom stereocenters. The molecule has 2 heterocycles.